The lowest BCUT2D eigenvalue weighted by molar-refractivity contribution is 0.0770. The van der Waals surface area contributed by atoms with Crippen LogP contribution in [0, 0.1) is 0 Å². The fourth-order valence-corrected chi connectivity index (χ4v) is 3.32. The fraction of sp³-hybridized carbons (Fsp3) is 0.292. The predicted molar refractivity (Wildman–Crippen MR) is 116 cm³/mol. The lowest BCUT2D eigenvalue weighted by Crippen LogP contribution is -2.19. The van der Waals surface area contributed by atoms with Gasteiger partial charge in [0.1, 0.15) is 6.61 Å². The van der Waals surface area contributed by atoms with Gasteiger partial charge in [0.25, 0.3) is 0 Å². The molecule has 0 radical (unpaired) electrons. The summed E-state index contributed by atoms with van der Waals surface area (Å²) in [5.74, 6) is 0. The van der Waals surface area contributed by atoms with E-state index in [1.807, 2.05) is 12.4 Å². The summed E-state index contributed by atoms with van der Waals surface area (Å²) in [5, 5.41) is 4.42. The third-order valence-electron chi connectivity index (χ3n) is 4.66. The Morgan fingerprint density at radius 2 is 1.54 bits per heavy atom. The van der Waals surface area contributed by atoms with E-state index in [0.29, 0.717) is 6.61 Å². The average Bonchev–Trinajstić information content (AvgIpc) is 3.19. The molecule has 0 amide bonds. The molecule has 0 saturated heterocycles. The SMILES string of the molecule is CCC(=C(c1ccccc1)c1ccccc1)c1cnn(OCCCN(C)C)c1. The van der Waals surface area contributed by atoms with Crippen molar-refractivity contribution >= 4 is 11.1 Å². The van der Waals surface area contributed by atoms with E-state index in [9.17, 15) is 0 Å². The van der Waals surface area contributed by atoms with Gasteiger partial charge in [-0.2, -0.15) is 0 Å². The van der Waals surface area contributed by atoms with Crippen molar-refractivity contribution in [1.29, 1.82) is 0 Å². The van der Waals surface area contributed by atoms with Crippen LogP contribution in [0.5, 0.6) is 0 Å². The molecule has 146 valence electrons. The summed E-state index contributed by atoms with van der Waals surface area (Å²) in [6.07, 6.45) is 5.76. The third kappa shape index (κ3) is 5.11. The molecular formula is C24H29N3O. The van der Waals surface area contributed by atoms with E-state index < -0.39 is 0 Å². The second-order valence-electron chi connectivity index (χ2n) is 7.06. The lowest BCUT2D eigenvalue weighted by atomic mass is 9.89. The van der Waals surface area contributed by atoms with Crippen molar-refractivity contribution in [2.45, 2.75) is 19.8 Å². The highest BCUT2D eigenvalue weighted by Crippen LogP contribution is 2.33. The Morgan fingerprint density at radius 1 is 0.929 bits per heavy atom. The number of hydrogen-bond donors (Lipinski definition) is 0. The maximum absolute atomic E-state index is 5.78. The zero-order valence-electron chi connectivity index (χ0n) is 17.0. The second kappa shape index (κ2) is 9.90. The van der Waals surface area contributed by atoms with E-state index in [1.54, 1.807) is 4.85 Å². The highest BCUT2D eigenvalue weighted by molar-refractivity contribution is 5.98. The van der Waals surface area contributed by atoms with Gasteiger partial charge in [-0.1, -0.05) is 67.6 Å². The molecule has 3 aromatic rings. The van der Waals surface area contributed by atoms with E-state index in [2.05, 4.69) is 91.7 Å². The van der Waals surface area contributed by atoms with Gasteiger partial charge in [0.15, 0.2) is 0 Å². The Morgan fingerprint density at radius 3 is 2.07 bits per heavy atom. The van der Waals surface area contributed by atoms with Crippen LogP contribution in [0.4, 0.5) is 0 Å². The summed E-state index contributed by atoms with van der Waals surface area (Å²) in [7, 11) is 4.14. The van der Waals surface area contributed by atoms with Crippen molar-refractivity contribution in [2.75, 3.05) is 27.2 Å². The highest BCUT2D eigenvalue weighted by atomic mass is 16.7. The zero-order chi connectivity index (χ0) is 19.8. The van der Waals surface area contributed by atoms with Crippen LogP contribution in [0.15, 0.2) is 73.1 Å². The first kappa shape index (κ1) is 19.9. The van der Waals surface area contributed by atoms with Crippen LogP contribution >= 0.6 is 0 Å². The van der Waals surface area contributed by atoms with Crippen molar-refractivity contribution in [2.24, 2.45) is 0 Å². The summed E-state index contributed by atoms with van der Waals surface area (Å²) in [4.78, 5) is 9.53. The van der Waals surface area contributed by atoms with Crippen molar-refractivity contribution < 1.29 is 4.84 Å². The van der Waals surface area contributed by atoms with Gasteiger partial charge >= 0.3 is 0 Å². The number of rotatable bonds is 9. The first-order valence-corrected chi connectivity index (χ1v) is 9.86. The van der Waals surface area contributed by atoms with Gasteiger partial charge in [0.05, 0.1) is 12.4 Å². The first-order chi connectivity index (χ1) is 13.7. The minimum atomic E-state index is 0.648. The van der Waals surface area contributed by atoms with Gasteiger partial charge in [-0.3, -0.25) is 0 Å². The molecule has 3 rings (SSSR count). The molecule has 0 aliphatic heterocycles. The van der Waals surface area contributed by atoms with E-state index in [0.717, 1.165) is 24.9 Å². The molecular weight excluding hydrogens is 346 g/mol. The van der Waals surface area contributed by atoms with E-state index in [4.69, 9.17) is 4.84 Å². The van der Waals surface area contributed by atoms with Crippen LogP contribution in [-0.2, 0) is 0 Å². The Bertz CT molecular complexity index is 841. The topological polar surface area (TPSA) is 30.3 Å². The van der Waals surface area contributed by atoms with Gasteiger partial charge in [-0.25, -0.2) is 0 Å². The molecule has 0 unspecified atom stereocenters. The van der Waals surface area contributed by atoms with Gasteiger partial charge in [0.2, 0.25) is 0 Å². The molecule has 0 saturated carbocycles. The van der Waals surface area contributed by atoms with Crippen LogP contribution in [-0.4, -0.2) is 42.1 Å². The Balaban J connectivity index is 1.92. The summed E-state index contributed by atoms with van der Waals surface area (Å²) in [6, 6.07) is 21.1. The molecule has 28 heavy (non-hydrogen) atoms. The molecule has 1 heterocycles. The van der Waals surface area contributed by atoms with Gasteiger partial charge in [-0.15, -0.1) is 9.94 Å². The quantitative estimate of drug-likeness (QED) is 0.511. The molecule has 1 aromatic heterocycles. The van der Waals surface area contributed by atoms with E-state index in [1.165, 1.54) is 22.3 Å². The predicted octanol–water partition coefficient (Wildman–Crippen LogP) is 4.63. The Hall–Kier alpha value is -2.85. The summed E-state index contributed by atoms with van der Waals surface area (Å²) in [5.41, 5.74) is 6.03. The molecule has 0 aliphatic rings. The molecule has 0 spiro atoms. The average molecular weight is 376 g/mol. The summed E-state index contributed by atoms with van der Waals surface area (Å²) in [6.45, 7) is 3.84. The number of nitrogens with zero attached hydrogens (tertiary/aromatic N) is 3. The van der Waals surface area contributed by atoms with Crippen molar-refractivity contribution in [3.63, 3.8) is 0 Å². The smallest absolute Gasteiger partial charge is 0.118 e. The van der Waals surface area contributed by atoms with Crippen LogP contribution in [0.2, 0.25) is 0 Å². The zero-order valence-corrected chi connectivity index (χ0v) is 17.0. The first-order valence-electron chi connectivity index (χ1n) is 9.86. The number of allylic oxidation sites excluding steroid dienone is 1. The maximum Gasteiger partial charge on any atom is 0.118 e. The van der Waals surface area contributed by atoms with E-state index in [-0.39, 0.29) is 0 Å². The minimum absolute atomic E-state index is 0.648. The van der Waals surface area contributed by atoms with Crippen molar-refractivity contribution in [1.82, 2.24) is 14.8 Å². The second-order valence-corrected chi connectivity index (χ2v) is 7.06. The summed E-state index contributed by atoms with van der Waals surface area (Å²) >= 11 is 0. The third-order valence-corrected chi connectivity index (χ3v) is 4.66. The minimum Gasteiger partial charge on any atom is -0.397 e. The van der Waals surface area contributed by atoms with Gasteiger partial charge in [-0.05, 0) is 49.2 Å². The van der Waals surface area contributed by atoms with Gasteiger partial charge < -0.3 is 9.74 Å². The normalized spacial score (nSPS) is 10.9. The molecule has 0 aliphatic carbocycles. The Kier molecular flexibility index (Phi) is 7.04. The van der Waals surface area contributed by atoms with Crippen molar-refractivity contribution in [3.05, 3.63) is 89.7 Å². The number of hydrogen-bond acceptors (Lipinski definition) is 3. The molecule has 0 fully saturated rings. The molecule has 0 atom stereocenters. The monoisotopic (exact) mass is 375 g/mol. The van der Waals surface area contributed by atoms with Gasteiger partial charge in [0, 0.05) is 12.1 Å². The maximum atomic E-state index is 5.78. The number of aromatic nitrogens is 2. The molecule has 2 aromatic carbocycles. The van der Waals surface area contributed by atoms with Crippen LogP contribution in [0.25, 0.3) is 11.1 Å². The largest absolute Gasteiger partial charge is 0.397 e. The highest BCUT2D eigenvalue weighted by Gasteiger charge is 2.14. The number of benzene rings is 2. The fourth-order valence-electron chi connectivity index (χ4n) is 3.32. The van der Waals surface area contributed by atoms with Crippen molar-refractivity contribution in [3.8, 4) is 0 Å². The van der Waals surface area contributed by atoms with Crippen LogP contribution in [0.1, 0.15) is 36.5 Å². The molecule has 0 bridgehead atoms. The standard InChI is InChI=1S/C24H29N3O/c1-4-23(22-18-25-27(19-22)28-17-11-16-26(2)3)24(20-12-7-5-8-13-20)21-14-9-6-10-15-21/h5-10,12-15,18-19H,4,11,16-17H2,1-3H3. The van der Waals surface area contributed by atoms with Crippen LogP contribution < -0.4 is 4.84 Å². The molecule has 0 N–H and O–H groups in total. The molecule has 4 nitrogen and oxygen atoms in total. The summed E-state index contributed by atoms with van der Waals surface area (Å²) < 4.78 is 0. The molecule has 4 heteroatoms. The lowest BCUT2D eigenvalue weighted by Gasteiger charge is -2.14. The Labute approximate surface area is 168 Å². The van der Waals surface area contributed by atoms with Crippen LogP contribution in [0.3, 0.4) is 0 Å². The van der Waals surface area contributed by atoms with E-state index >= 15 is 0 Å².